The molecule has 12 heteroatoms. The molecule has 0 radical (unpaired) electrons. The summed E-state index contributed by atoms with van der Waals surface area (Å²) in [4.78, 5) is 22.9. The molecule has 35 heavy (non-hydrogen) atoms. The summed E-state index contributed by atoms with van der Waals surface area (Å²) in [5.74, 6) is 0.965. The lowest BCUT2D eigenvalue weighted by Gasteiger charge is -2.22. The third kappa shape index (κ3) is 4.74. The summed E-state index contributed by atoms with van der Waals surface area (Å²) in [5.41, 5.74) is 2.88. The van der Waals surface area contributed by atoms with Crippen LogP contribution in [0.25, 0.3) is 22.0 Å². The third-order valence-electron chi connectivity index (χ3n) is 6.18. The van der Waals surface area contributed by atoms with E-state index < -0.39 is 12.5 Å². The van der Waals surface area contributed by atoms with Gasteiger partial charge in [0.1, 0.15) is 5.52 Å². The molecule has 0 amide bonds. The van der Waals surface area contributed by atoms with Crippen LogP contribution < -0.4 is 15.5 Å². The second-order valence-corrected chi connectivity index (χ2v) is 8.56. The largest absolute Gasteiger partial charge is 0.463 e. The Labute approximate surface area is 198 Å². The molecule has 1 aliphatic heterocycles. The molecular weight excluding hydrogens is 460 g/mol. The monoisotopic (exact) mass is 485 g/mol. The minimum absolute atomic E-state index is 0.0230. The summed E-state index contributed by atoms with van der Waals surface area (Å²) >= 11 is 0. The number of anilines is 3. The maximum atomic E-state index is 12.6. The Bertz CT molecular complexity index is 1370. The summed E-state index contributed by atoms with van der Waals surface area (Å²) in [6.07, 6.45) is 0.350. The lowest BCUT2D eigenvalue weighted by molar-refractivity contribution is 0.140. The zero-order valence-corrected chi connectivity index (χ0v) is 19.0. The van der Waals surface area contributed by atoms with Gasteiger partial charge in [0.05, 0.1) is 24.0 Å². The van der Waals surface area contributed by atoms with Crippen molar-refractivity contribution in [2.24, 2.45) is 0 Å². The van der Waals surface area contributed by atoms with Crippen LogP contribution in [0.4, 0.5) is 31.0 Å². The van der Waals surface area contributed by atoms with Crippen molar-refractivity contribution in [1.82, 2.24) is 25.1 Å². The molecule has 1 aromatic carbocycles. The molecule has 1 atom stereocenters. The van der Waals surface area contributed by atoms with Gasteiger partial charge in [0.25, 0.3) is 6.43 Å². The van der Waals surface area contributed by atoms with E-state index in [0.29, 0.717) is 59.3 Å². The van der Waals surface area contributed by atoms with Crippen LogP contribution in [0.5, 0.6) is 0 Å². The van der Waals surface area contributed by atoms with Crippen molar-refractivity contribution in [2.45, 2.75) is 38.7 Å². The van der Waals surface area contributed by atoms with Crippen LogP contribution in [-0.4, -0.2) is 63.0 Å². The van der Waals surface area contributed by atoms with Crippen molar-refractivity contribution in [3.63, 3.8) is 0 Å². The fourth-order valence-corrected chi connectivity index (χ4v) is 4.51. The predicted molar refractivity (Wildman–Crippen MR) is 127 cm³/mol. The van der Waals surface area contributed by atoms with Crippen LogP contribution in [0, 0.1) is 6.92 Å². The second-order valence-electron chi connectivity index (χ2n) is 8.56. The number of hydrogen-bond donors (Lipinski definition) is 3. The molecule has 4 heterocycles. The molecule has 4 aromatic rings. The fourth-order valence-electron chi connectivity index (χ4n) is 4.51. The number of aryl methyl sites for hydroxylation is 1. The molecule has 1 aliphatic rings. The van der Waals surface area contributed by atoms with E-state index in [2.05, 4.69) is 25.6 Å². The number of carbonyl (C=O) groups is 1. The van der Waals surface area contributed by atoms with Gasteiger partial charge in [0, 0.05) is 36.3 Å². The number of alkyl halides is 2. The first-order valence-corrected chi connectivity index (χ1v) is 11.4. The fraction of sp³-hybridized carbons (Fsp3) is 0.391. The number of aromatic nitrogens is 4. The molecule has 10 nitrogen and oxygen atoms in total. The first-order valence-electron chi connectivity index (χ1n) is 11.4. The van der Waals surface area contributed by atoms with Gasteiger partial charge in [-0.05, 0) is 44.4 Å². The van der Waals surface area contributed by atoms with Gasteiger partial charge in [-0.2, -0.15) is 14.8 Å². The normalized spacial score (nSPS) is 16.8. The van der Waals surface area contributed by atoms with E-state index in [0.717, 1.165) is 22.9 Å². The first-order chi connectivity index (χ1) is 16.9. The molecule has 0 bridgehead atoms. The van der Waals surface area contributed by atoms with E-state index in [-0.39, 0.29) is 12.6 Å². The number of fused-ring (bicyclic) bond motifs is 2. The summed E-state index contributed by atoms with van der Waals surface area (Å²) in [7, 11) is 0. The minimum atomic E-state index is -2.37. The average molecular weight is 485 g/mol. The molecule has 0 aliphatic carbocycles. The van der Waals surface area contributed by atoms with Crippen LogP contribution in [0.2, 0.25) is 0 Å². The Hall–Kier alpha value is -3.80. The van der Waals surface area contributed by atoms with Crippen molar-refractivity contribution in [3.05, 3.63) is 36.2 Å². The van der Waals surface area contributed by atoms with E-state index in [9.17, 15) is 18.7 Å². The van der Waals surface area contributed by atoms with Gasteiger partial charge >= 0.3 is 6.09 Å². The first kappa shape index (κ1) is 23.0. The lowest BCUT2D eigenvalue weighted by Crippen LogP contribution is -2.34. The van der Waals surface area contributed by atoms with Gasteiger partial charge in [-0.3, -0.25) is 0 Å². The molecule has 3 aromatic heterocycles. The summed E-state index contributed by atoms with van der Waals surface area (Å²) in [6, 6.07) is 7.09. The van der Waals surface area contributed by atoms with Crippen LogP contribution in [0.15, 0.2) is 34.9 Å². The van der Waals surface area contributed by atoms with Crippen molar-refractivity contribution in [3.8, 4) is 0 Å². The maximum Gasteiger partial charge on any atom is 0.432 e. The number of halogens is 2. The number of rotatable bonds is 6. The number of nitrogens with zero attached hydrogens (tertiary/aromatic N) is 5. The summed E-state index contributed by atoms with van der Waals surface area (Å²) < 4.78 is 31.8. The van der Waals surface area contributed by atoms with Gasteiger partial charge < -0.3 is 25.1 Å². The molecule has 1 fully saturated rings. The Morgan fingerprint density at radius 1 is 1.26 bits per heavy atom. The van der Waals surface area contributed by atoms with Crippen LogP contribution >= 0.6 is 0 Å². The SMILES string of the molecule is Cc1nn(C(=O)O)c2cc(Nc3nc(N4CCCC(NCC(F)F)CC4)c4occc4n3)ccc12. The van der Waals surface area contributed by atoms with Crippen LogP contribution in [0.3, 0.4) is 0 Å². The number of nitrogens with one attached hydrogen (secondary N) is 2. The number of hydrogen-bond acceptors (Lipinski definition) is 8. The maximum absolute atomic E-state index is 12.6. The van der Waals surface area contributed by atoms with Gasteiger partial charge in [-0.25, -0.2) is 18.6 Å². The highest BCUT2D eigenvalue weighted by Crippen LogP contribution is 2.30. The Balaban J connectivity index is 1.42. The topological polar surface area (TPSA) is 121 Å². The molecule has 1 unspecified atom stereocenters. The number of furan rings is 1. The predicted octanol–water partition coefficient (Wildman–Crippen LogP) is 4.36. The van der Waals surface area contributed by atoms with E-state index in [1.165, 1.54) is 0 Å². The average Bonchev–Trinajstić information content (AvgIpc) is 3.34. The standard InChI is InChI=1S/C23H25F2N7O3/c1-13-16-5-4-15(11-18(16)32(30-13)23(33)34)27-22-28-17-7-10-35-20(17)21(29-22)31-8-2-3-14(6-9-31)26-12-19(24)25/h4-5,7,10-11,14,19,26H,2-3,6,8-9,12H2,1H3,(H,33,34)(H,27,28,29). The Morgan fingerprint density at radius 3 is 2.91 bits per heavy atom. The minimum Gasteiger partial charge on any atom is -0.463 e. The molecular formula is C23H25F2N7O3. The molecule has 0 saturated carbocycles. The van der Waals surface area contributed by atoms with E-state index in [1.807, 2.05) is 6.07 Å². The molecule has 1 saturated heterocycles. The van der Waals surface area contributed by atoms with Gasteiger partial charge in [-0.1, -0.05) is 0 Å². The second kappa shape index (κ2) is 9.45. The molecule has 5 rings (SSSR count). The van der Waals surface area contributed by atoms with Crippen LogP contribution in [-0.2, 0) is 0 Å². The smallest absolute Gasteiger partial charge is 0.432 e. The lowest BCUT2D eigenvalue weighted by atomic mass is 10.1. The summed E-state index contributed by atoms with van der Waals surface area (Å²) in [6.45, 7) is 2.80. The summed E-state index contributed by atoms with van der Waals surface area (Å²) in [5, 5.41) is 20.4. The number of carboxylic acid groups (broad SMARTS) is 1. The van der Waals surface area contributed by atoms with E-state index >= 15 is 0 Å². The Kier molecular flexibility index (Phi) is 6.20. The Morgan fingerprint density at radius 2 is 2.11 bits per heavy atom. The quantitative estimate of drug-likeness (QED) is 0.366. The van der Waals surface area contributed by atoms with Crippen molar-refractivity contribution < 1.29 is 23.1 Å². The third-order valence-corrected chi connectivity index (χ3v) is 6.18. The molecule has 184 valence electrons. The van der Waals surface area contributed by atoms with Crippen LogP contribution in [0.1, 0.15) is 25.0 Å². The zero-order chi connectivity index (χ0) is 24.5. The van der Waals surface area contributed by atoms with Crippen molar-refractivity contribution >= 4 is 45.5 Å². The number of benzene rings is 1. The van der Waals surface area contributed by atoms with Gasteiger partial charge in [0.15, 0.2) is 11.4 Å². The molecule has 3 N–H and O–H groups in total. The van der Waals surface area contributed by atoms with Crippen molar-refractivity contribution in [2.75, 3.05) is 29.9 Å². The zero-order valence-electron chi connectivity index (χ0n) is 19.0. The van der Waals surface area contributed by atoms with Gasteiger partial charge in [-0.15, -0.1) is 0 Å². The van der Waals surface area contributed by atoms with E-state index in [1.54, 1.807) is 31.4 Å². The molecule has 0 spiro atoms. The highest BCUT2D eigenvalue weighted by molar-refractivity contribution is 5.92. The highest BCUT2D eigenvalue weighted by atomic mass is 19.3. The highest BCUT2D eigenvalue weighted by Gasteiger charge is 2.23. The van der Waals surface area contributed by atoms with E-state index in [4.69, 9.17) is 9.40 Å². The van der Waals surface area contributed by atoms with Gasteiger partial charge in [0.2, 0.25) is 5.95 Å². The van der Waals surface area contributed by atoms with Crippen molar-refractivity contribution in [1.29, 1.82) is 0 Å².